The van der Waals surface area contributed by atoms with Gasteiger partial charge in [0, 0.05) is 4.88 Å². The second-order valence-corrected chi connectivity index (χ2v) is 6.21. The van der Waals surface area contributed by atoms with E-state index in [2.05, 4.69) is 10.6 Å². The fourth-order valence-electron chi connectivity index (χ4n) is 2.27. The predicted molar refractivity (Wildman–Crippen MR) is 89.6 cm³/mol. The van der Waals surface area contributed by atoms with Gasteiger partial charge < -0.3 is 24.6 Å². The van der Waals surface area contributed by atoms with Gasteiger partial charge in [-0.2, -0.15) is 0 Å². The fourth-order valence-corrected chi connectivity index (χ4v) is 3.10. The first-order valence-corrected chi connectivity index (χ1v) is 8.36. The molecule has 0 saturated carbocycles. The van der Waals surface area contributed by atoms with Crippen LogP contribution >= 0.6 is 11.3 Å². The molecule has 0 aliphatic rings. The van der Waals surface area contributed by atoms with Crippen molar-refractivity contribution in [3.63, 3.8) is 0 Å². The first-order chi connectivity index (χ1) is 12.1. The maximum atomic E-state index is 12.0. The molecule has 1 atom stereocenters. The van der Waals surface area contributed by atoms with Gasteiger partial charge in [-0.25, -0.2) is 0 Å². The number of hydrogen-bond donors (Lipinski definition) is 3. The van der Waals surface area contributed by atoms with Crippen LogP contribution in [0.3, 0.4) is 0 Å². The lowest BCUT2D eigenvalue weighted by atomic mass is 9.98. The van der Waals surface area contributed by atoms with E-state index in [0.717, 1.165) is 0 Å². The van der Waals surface area contributed by atoms with Crippen LogP contribution in [0.15, 0.2) is 63.1 Å². The van der Waals surface area contributed by atoms with E-state index in [4.69, 9.17) is 8.83 Å². The van der Waals surface area contributed by atoms with E-state index >= 15 is 0 Å². The first kappa shape index (κ1) is 17.0. The van der Waals surface area contributed by atoms with Gasteiger partial charge in [0.25, 0.3) is 0 Å². The standard InChI is InChI=1S/C17H16N2O5S/c20-15(18-10-12-4-1-7-23-12)16(21)19-11-17(22,13-5-2-8-24-13)14-6-3-9-25-14/h1-9,22H,10-11H2,(H,18,20)(H,19,21). The predicted octanol–water partition coefficient (Wildman–Crippen LogP) is 1.60. The minimum absolute atomic E-state index is 0.104. The van der Waals surface area contributed by atoms with Gasteiger partial charge in [0.05, 0.1) is 25.6 Å². The molecule has 130 valence electrons. The Bertz CT molecular complexity index is 775. The van der Waals surface area contributed by atoms with Crippen LogP contribution in [0.4, 0.5) is 0 Å². The number of hydrogen-bond acceptors (Lipinski definition) is 6. The van der Waals surface area contributed by atoms with Crippen molar-refractivity contribution in [2.24, 2.45) is 0 Å². The van der Waals surface area contributed by atoms with Crippen molar-refractivity contribution in [2.75, 3.05) is 6.54 Å². The smallest absolute Gasteiger partial charge is 0.309 e. The molecule has 0 aromatic carbocycles. The van der Waals surface area contributed by atoms with Gasteiger partial charge in [0.2, 0.25) is 0 Å². The summed E-state index contributed by atoms with van der Waals surface area (Å²) in [7, 11) is 0. The summed E-state index contributed by atoms with van der Waals surface area (Å²) in [5, 5.41) is 17.7. The van der Waals surface area contributed by atoms with E-state index in [9.17, 15) is 14.7 Å². The van der Waals surface area contributed by atoms with Crippen LogP contribution in [-0.2, 0) is 21.7 Å². The highest BCUT2D eigenvalue weighted by Gasteiger charge is 2.36. The molecule has 0 saturated heterocycles. The molecule has 3 aromatic rings. The van der Waals surface area contributed by atoms with Crippen LogP contribution in [0.2, 0.25) is 0 Å². The SMILES string of the molecule is O=C(NCc1ccco1)C(=O)NCC(O)(c1ccco1)c1cccs1. The molecule has 8 heteroatoms. The molecule has 7 nitrogen and oxygen atoms in total. The van der Waals surface area contributed by atoms with Crippen molar-refractivity contribution in [3.05, 3.63) is 70.7 Å². The maximum absolute atomic E-state index is 12.0. The normalized spacial score (nSPS) is 13.2. The quantitative estimate of drug-likeness (QED) is 0.579. The minimum Gasteiger partial charge on any atom is -0.467 e. The molecule has 0 radical (unpaired) electrons. The zero-order chi connectivity index (χ0) is 17.7. The highest BCUT2D eigenvalue weighted by molar-refractivity contribution is 7.10. The molecule has 0 fully saturated rings. The van der Waals surface area contributed by atoms with Gasteiger partial charge in [-0.15, -0.1) is 11.3 Å². The number of furan rings is 2. The number of carbonyl (C=O) groups is 2. The summed E-state index contributed by atoms with van der Waals surface area (Å²) in [5.41, 5.74) is -1.55. The van der Waals surface area contributed by atoms with E-state index in [-0.39, 0.29) is 18.8 Å². The van der Waals surface area contributed by atoms with Crippen LogP contribution < -0.4 is 10.6 Å². The summed E-state index contributed by atoms with van der Waals surface area (Å²) < 4.78 is 10.4. The van der Waals surface area contributed by atoms with E-state index < -0.39 is 17.4 Å². The fraction of sp³-hybridized carbons (Fsp3) is 0.176. The van der Waals surface area contributed by atoms with Crippen molar-refractivity contribution in [2.45, 2.75) is 12.1 Å². The third kappa shape index (κ3) is 3.81. The Kier molecular flexibility index (Phi) is 5.01. The topological polar surface area (TPSA) is 105 Å². The lowest BCUT2D eigenvalue weighted by molar-refractivity contribution is -0.139. The lowest BCUT2D eigenvalue weighted by Crippen LogP contribution is -2.46. The van der Waals surface area contributed by atoms with E-state index in [0.29, 0.717) is 10.6 Å². The van der Waals surface area contributed by atoms with Crippen molar-refractivity contribution in [1.82, 2.24) is 10.6 Å². The summed E-state index contributed by atoms with van der Waals surface area (Å²) in [6.45, 7) is -0.0966. The van der Waals surface area contributed by atoms with Gasteiger partial charge in [-0.1, -0.05) is 6.07 Å². The average molecular weight is 360 g/mol. The zero-order valence-electron chi connectivity index (χ0n) is 13.1. The second-order valence-electron chi connectivity index (χ2n) is 5.26. The van der Waals surface area contributed by atoms with Gasteiger partial charge in [-0.05, 0) is 35.7 Å². The molecule has 3 aromatic heterocycles. The zero-order valence-corrected chi connectivity index (χ0v) is 13.9. The van der Waals surface area contributed by atoms with Crippen LogP contribution in [0.1, 0.15) is 16.4 Å². The molecule has 25 heavy (non-hydrogen) atoms. The monoisotopic (exact) mass is 360 g/mol. The summed E-state index contributed by atoms with van der Waals surface area (Å²) in [6, 6.07) is 10.1. The van der Waals surface area contributed by atoms with Crippen LogP contribution in [0, 0.1) is 0 Å². The minimum atomic E-state index is -1.55. The number of rotatable bonds is 6. The molecular weight excluding hydrogens is 344 g/mol. The van der Waals surface area contributed by atoms with E-state index in [1.807, 2.05) is 0 Å². The van der Waals surface area contributed by atoms with Gasteiger partial charge >= 0.3 is 11.8 Å². The lowest BCUT2D eigenvalue weighted by Gasteiger charge is -2.25. The molecule has 0 spiro atoms. The highest BCUT2D eigenvalue weighted by Crippen LogP contribution is 2.32. The van der Waals surface area contributed by atoms with Crippen molar-refractivity contribution in [1.29, 1.82) is 0 Å². The molecule has 0 aliphatic carbocycles. The number of carbonyl (C=O) groups excluding carboxylic acids is 2. The van der Waals surface area contributed by atoms with Crippen LogP contribution in [-0.4, -0.2) is 23.5 Å². The average Bonchev–Trinajstić information content (AvgIpc) is 3.38. The second kappa shape index (κ2) is 7.37. The largest absolute Gasteiger partial charge is 0.467 e. The summed E-state index contributed by atoms with van der Waals surface area (Å²) in [6.07, 6.45) is 2.91. The Labute approximate surface area is 147 Å². The molecule has 1 unspecified atom stereocenters. The molecule has 0 bridgehead atoms. The highest BCUT2D eigenvalue weighted by atomic mass is 32.1. The third-order valence-corrected chi connectivity index (χ3v) is 4.59. The Hall–Kier alpha value is -2.84. The van der Waals surface area contributed by atoms with Gasteiger partial charge in [-0.3, -0.25) is 9.59 Å². The van der Waals surface area contributed by atoms with Crippen molar-refractivity contribution in [3.8, 4) is 0 Å². The third-order valence-electron chi connectivity index (χ3n) is 3.57. The Morgan fingerprint density at radius 3 is 2.44 bits per heavy atom. The molecule has 2 amide bonds. The molecular formula is C17H16N2O5S. The van der Waals surface area contributed by atoms with Crippen molar-refractivity contribution < 1.29 is 23.5 Å². The first-order valence-electron chi connectivity index (χ1n) is 7.48. The van der Waals surface area contributed by atoms with Gasteiger partial charge in [0.1, 0.15) is 11.5 Å². The van der Waals surface area contributed by atoms with E-state index in [1.165, 1.54) is 23.9 Å². The van der Waals surface area contributed by atoms with Gasteiger partial charge in [0.15, 0.2) is 5.60 Å². The Balaban J connectivity index is 1.63. The Morgan fingerprint density at radius 2 is 1.80 bits per heavy atom. The summed E-state index contributed by atoms with van der Waals surface area (Å²) >= 11 is 1.32. The summed E-state index contributed by atoms with van der Waals surface area (Å²) in [4.78, 5) is 24.5. The summed E-state index contributed by atoms with van der Waals surface area (Å²) in [5.74, 6) is -0.851. The van der Waals surface area contributed by atoms with Crippen LogP contribution in [0.5, 0.6) is 0 Å². The molecule has 3 N–H and O–H groups in total. The maximum Gasteiger partial charge on any atom is 0.309 e. The molecule has 3 heterocycles. The molecule has 0 aliphatic heterocycles. The number of nitrogens with one attached hydrogen (secondary N) is 2. The van der Waals surface area contributed by atoms with Crippen LogP contribution in [0.25, 0.3) is 0 Å². The Morgan fingerprint density at radius 1 is 1.04 bits per heavy atom. The van der Waals surface area contributed by atoms with E-state index in [1.54, 1.807) is 41.8 Å². The number of thiophene rings is 1. The van der Waals surface area contributed by atoms with Crippen molar-refractivity contribution >= 4 is 23.2 Å². The number of amides is 2. The molecule has 3 rings (SSSR count). The number of aliphatic hydroxyl groups is 1.